The van der Waals surface area contributed by atoms with E-state index in [1.807, 2.05) is 0 Å². The largest absolute Gasteiger partial charge is 0.380 e. The summed E-state index contributed by atoms with van der Waals surface area (Å²) in [5, 5.41) is 2.96. The average Bonchev–Trinajstić information content (AvgIpc) is 2.22. The molecule has 0 radical (unpaired) electrons. The Morgan fingerprint density at radius 3 is 2.47 bits per heavy atom. The van der Waals surface area contributed by atoms with Gasteiger partial charge in [-0.1, -0.05) is 20.8 Å². The molecule has 0 saturated heterocycles. The Labute approximate surface area is 112 Å². The quantitative estimate of drug-likeness (QED) is 0.767. The molecule has 0 amide bonds. The van der Waals surface area contributed by atoms with E-state index in [9.17, 15) is 13.2 Å². The van der Waals surface area contributed by atoms with Gasteiger partial charge in [-0.2, -0.15) is 0 Å². The zero-order chi connectivity index (χ0) is 14.2. The van der Waals surface area contributed by atoms with E-state index < -0.39 is 17.5 Å². The van der Waals surface area contributed by atoms with E-state index in [0.29, 0.717) is 12.0 Å². The van der Waals surface area contributed by atoms with Crippen LogP contribution in [-0.4, -0.2) is 6.04 Å². The third-order valence-corrected chi connectivity index (χ3v) is 3.74. The summed E-state index contributed by atoms with van der Waals surface area (Å²) < 4.78 is 39.9. The Morgan fingerprint density at radius 1 is 1.16 bits per heavy atom. The van der Waals surface area contributed by atoms with Crippen molar-refractivity contribution in [3.63, 3.8) is 0 Å². The first kappa shape index (κ1) is 14.2. The highest BCUT2D eigenvalue weighted by Gasteiger charge is 2.32. The van der Waals surface area contributed by atoms with Crippen LogP contribution >= 0.6 is 0 Å². The van der Waals surface area contributed by atoms with Crippen molar-refractivity contribution in [2.24, 2.45) is 11.3 Å². The summed E-state index contributed by atoms with van der Waals surface area (Å²) in [6.07, 6.45) is 2.88. The lowest BCUT2D eigenvalue weighted by Gasteiger charge is -2.39. The van der Waals surface area contributed by atoms with Gasteiger partial charge in [0.15, 0.2) is 11.6 Å². The summed E-state index contributed by atoms with van der Waals surface area (Å²) in [6.45, 7) is 6.48. The van der Waals surface area contributed by atoms with E-state index in [1.54, 1.807) is 0 Å². The van der Waals surface area contributed by atoms with Gasteiger partial charge in [-0.25, -0.2) is 13.2 Å². The molecular weight excluding hydrogens is 251 g/mol. The maximum Gasteiger partial charge on any atom is 0.182 e. The molecule has 1 N–H and O–H groups in total. The first-order valence-corrected chi connectivity index (χ1v) is 6.68. The van der Waals surface area contributed by atoms with Crippen molar-refractivity contribution in [1.29, 1.82) is 0 Å². The van der Waals surface area contributed by atoms with Crippen LogP contribution in [0.5, 0.6) is 0 Å². The first-order chi connectivity index (χ1) is 8.77. The van der Waals surface area contributed by atoms with Gasteiger partial charge >= 0.3 is 0 Å². The number of rotatable bonds is 2. The average molecular weight is 271 g/mol. The van der Waals surface area contributed by atoms with E-state index in [-0.39, 0.29) is 17.1 Å². The molecule has 0 aliphatic heterocycles. The molecule has 106 valence electrons. The third-order valence-electron chi connectivity index (χ3n) is 3.74. The van der Waals surface area contributed by atoms with Crippen LogP contribution in [0.1, 0.15) is 40.0 Å². The molecule has 1 saturated carbocycles. The molecule has 19 heavy (non-hydrogen) atoms. The molecule has 2 unspecified atom stereocenters. The van der Waals surface area contributed by atoms with Crippen molar-refractivity contribution in [2.45, 2.75) is 46.1 Å². The van der Waals surface area contributed by atoms with Crippen LogP contribution in [0.3, 0.4) is 0 Å². The van der Waals surface area contributed by atoms with Crippen molar-refractivity contribution >= 4 is 5.69 Å². The maximum atomic E-state index is 13.6. The van der Waals surface area contributed by atoms with E-state index in [0.717, 1.165) is 25.3 Å². The molecule has 1 aromatic carbocycles. The number of hydrogen-bond donors (Lipinski definition) is 1. The highest BCUT2D eigenvalue weighted by molar-refractivity contribution is 5.46. The Balaban J connectivity index is 2.17. The van der Waals surface area contributed by atoms with E-state index >= 15 is 0 Å². The van der Waals surface area contributed by atoms with E-state index in [1.165, 1.54) is 0 Å². The normalized spacial score (nSPS) is 26.2. The van der Waals surface area contributed by atoms with Crippen LogP contribution in [0.15, 0.2) is 12.1 Å². The standard InChI is InChI=1S/C15H20F3N/c1-9-4-11(8-15(2,3)7-9)19-13-6-10(16)5-12(17)14(13)18/h5-6,9,11,19H,4,7-8H2,1-3H3. The number of nitrogens with one attached hydrogen (secondary N) is 1. The molecule has 1 aliphatic carbocycles. The summed E-state index contributed by atoms with van der Waals surface area (Å²) in [6, 6.07) is 1.63. The minimum absolute atomic E-state index is 0.0504. The van der Waals surface area contributed by atoms with Gasteiger partial charge in [0.25, 0.3) is 0 Å². The fourth-order valence-electron chi connectivity index (χ4n) is 3.34. The zero-order valence-corrected chi connectivity index (χ0v) is 11.6. The monoisotopic (exact) mass is 271 g/mol. The lowest BCUT2D eigenvalue weighted by atomic mass is 9.70. The minimum Gasteiger partial charge on any atom is -0.380 e. The van der Waals surface area contributed by atoms with Crippen LogP contribution in [0.2, 0.25) is 0 Å². The van der Waals surface area contributed by atoms with Crippen LogP contribution in [0.4, 0.5) is 18.9 Å². The summed E-state index contributed by atoms with van der Waals surface area (Å²) in [7, 11) is 0. The molecule has 0 bridgehead atoms. The highest BCUT2D eigenvalue weighted by Crippen LogP contribution is 2.39. The Hall–Kier alpha value is -1.19. The molecule has 1 nitrogen and oxygen atoms in total. The third kappa shape index (κ3) is 3.43. The van der Waals surface area contributed by atoms with E-state index in [2.05, 4.69) is 26.1 Å². The molecule has 1 fully saturated rings. The summed E-state index contributed by atoms with van der Waals surface area (Å²) in [4.78, 5) is 0. The van der Waals surface area contributed by atoms with E-state index in [4.69, 9.17) is 0 Å². The SMILES string of the molecule is CC1CC(Nc2cc(F)cc(F)c2F)CC(C)(C)C1. The summed E-state index contributed by atoms with van der Waals surface area (Å²) in [5.41, 5.74) is 0.0879. The lowest BCUT2D eigenvalue weighted by Crippen LogP contribution is -2.35. The molecule has 0 heterocycles. The van der Waals surface area contributed by atoms with Gasteiger partial charge in [0, 0.05) is 18.2 Å². The fraction of sp³-hybridized carbons (Fsp3) is 0.600. The molecule has 0 aromatic heterocycles. The molecule has 2 rings (SSSR count). The molecular formula is C15H20F3N. The second-order valence-electron chi connectivity index (χ2n) is 6.50. The van der Waals surface area contributed by atoms with Gasteiger partial charge in [0.1, 0.15) is 5.82 Å². The van der Waals surface area contributed by atoms with Crippen molar-refractivity contribution in [3.8, 4) is 0 Å². The van der Waals surface area contributed by atoms with Crippen LogP contribution in [0, 0.1) is 28.8 Å². The number of anilines is 1. The predicted octanol–water partition coefficient (Wildman–Crippen LogP) is 4.73. The van der Waals surface area contributed by atoms with Gasteiger partial charge < -0.3 is 5.32 Å². The Bertz CT molecular complexity index is 471. The van der Waals surface area contributed by atoms with Gasteiger partial charge in [-0.05, 0) is 30.6 Å². The van der Waals surface area contributed by atoms with Crippen molar-refractivity contribution in [3.05, 3.63) is 29.6 Å². The second-order valence-corrected chi connectivity index (χ2v) is 6.50. The lowest BCUT2D eigenvalue weighted by molar-refractivity contribution is 0.177. The summed E-state index contributed by atoms with van der Waals surface area (Å²) >= 11 is 0. The number of halogens is 3. The molecule has 2 atom stereocenters. The predicted molar refractivity (Wildman–Crippen MR) is 70.5 cm³/mol. The molecule has 1 aliphatic rings. The highest BCUT2D eigenvalue weighted by atomic mass is 19.2. The summed E-state index contributed by atoms with van der Waals surface area (Å²) in [5.74, 6) is -2.39. The van der Waals surface area contributed by atoms with Crippen LogP contribution < -0.4 is 5.32 Å². The Kier molecular flexibility index (Phi) is 3.79. The van der Waals surface area contributed by atoms with Gasteiger partial charge in [-0.15, -0.1) is 0 Å². The van der Waals surface area contributed by atoms with Crippen molar-refractivity contribution < 1.29 is 13.2 Å². The molecule has 0 spiro atoms. The minimum atomic E-state index is -1.15. The smallest absolute Gasteiger partial charge is 0.182 e. The topological polar surface area (TPSA) is 12.0 Å². The number of hydrogen-bond acceptors (Lipinski definition) is 1. The van der Waals surface area contributed by atoms with Gasteiger partial charge in [-0.3, -0.25) is 0 Å². The van der Waals surface area contributed by atoms with Gasteiger partial charge in [0.2, 0.25) is 0 Å². The van der Waals surface area contributed by atoms with Crippen molar-refractivity contribution in [1.82, 2.24) is 0 Å². The fourth-order valence-corrected chi connectivity index (χ4v) is 3.34. The van der Waals surface area contributed by atoms with Crippen LogP contribution in [0.25, 0.3) is 0 Å². The van der Waals surface area contributed by atoms with Crippen LogP contribution in [-0.2, 0) is 0 Å². The zero-order valence-electron chi connectivity index (χ0n) is 11.6. The Morgan fingerprint density at radius 2 is 1.84 bits per heavy atom. The maximum absolute atomic E-state index is 13.6. The first-order valence-electron chi connectivity index (χ1n) is 6.68. The van der Waals surface area contributed by atoms with Crippen molar-refractivity contribution in [2.75, 3.05) is 5.32 Å². The molecule has 4 heteroatoms. The second kappa shape index (κ2) is 5.06. The molecule has 1 aromatic rings. The van der Waals surface area contributed by atoms with Gasteiger partial charge in [0.05, 0.1) is 5.69 Å². The number of benzene rings is 1.